The molecule has 1 fully saturated rings. The predicted octanol–water partition coefficient (Wildman–Crippen LogP) is 6.02. The van der Waals surface area contributed by atoms with Crippen LogP contribution in [0.5, 0.6) is 11.5 Å². The van der Waals surface area contributed by atoms with Crippen LogP contribution in [-0.2, 0) is 41.5 Å². The van der Waals surface area contributed by atoms with E-state index in [2.05, 4.69) is 9.80 Å². The number of carbonyl (C=O) groups is 4. The number of methoxy groups -OCH3 is 1. The molecule has 0 aromatic heterocycles. The molecule has 3 heterocycles. The number of hydrogen-bond donors (Lipinski definition) is 0. The highest BCUT2D eigenvalue weighted by Crippen LogP contribution is 2.34. The number of piperazine rings is 1. The average Bonchev–Trinajstić information content (AvgIpc) is 3.17. The summed E-state index contributed by atoms with van der Waals surface area (Å²) in [7, 11) is 1.54. The molecule has 3 aliphatic heterocycles. The third kappa shape index (κ3) is 9.73. The molecule has 6 rings (SSSR count). The summed E-state index contributed by atoms with van der Waals surface area (Å²) in [4.78, 5) is 58.1. The molecule has 0 unspecified atom stereocenters. The summed E-state index contributed by atoms with van der Waals surface area (Å²) in [5.41, 5.74) is 4.17. The number of fused-ring (bicyclic) bond motifs is 2. The van der Waals surface area contributed by atoms with Crippen LogP contribution in [0.25, 0.3) is 0 Å². The summed E-state index contributed by atoms with van der Waals surface area (Å²) >= 11 is 12.6. The highest BCUT2D eigenvalue weighted by atomic mass is 35.5. The Morgan fingerprint density at radius 2 is 1.28 bits per heavy atom. The van der Waals surface area contributed by atoms with Crippen LogP contribution in [-0.4, -0.2) is 88.6 Å². The quantitative estimate of drug-likeness (QED) is 0.134. The van der Waals surface area contributed by atoms with Gasteiger partial charge in [-0.25, -0.2) is 0 Å². The van der Waals surface area contributed by atoms with Crippen LogP contribution in [0.3, 0.4) is 0 Å². The number of carbonyl (C=O) groups excluding carboxylic acids is 4. The largest absolute Gasteiger partial charge is 0.497 e. The summed E-state index contributed by atoms with van der Waals surface area (Å²) in [6, 6.07) is 16.8. The Labute approximate surface area is 319 Å². The highest BCUT2D eigenvalue weighted by molar-refractivity contribution is 6.43. The first-order valence-electron chi connectivity index (χ1n) is 18.0. The summed E-state index contributed by atoms with van der Waals surface area (Å²) in [5.74, 6) is -0.395. The first-order chi connectivity index (χ1) is 25.7. The normalized spacial score (nSPS) is 15.9. The Kier molecular flexibility index (Phi) is 13.0. The third-order valence-corrected chi connectivity index (χ3v) is 10.6. The molecule has 0 bridgehead atoms. The molecule has 0 spiro atoms. The van der Waals surface area contributed by atoms with Crippen molar-refractivity contribution in [1.82, 2.24) is 4.90 Å². The Hall–Kier alpha value is -4.52. The average molecular weight is 768 g/mol. The van der Waals surface area contributed by atoms with Gasteiger partial charge >= 0.3 is 11.9 Å². The van der Waals surface area contributed by atoms with Crippen molar-refractivity contribution in [2.75, 3.05) is 74.6 Å². The zero-order valence-electron chi connectivity index (χ0n) is 29.8. The van der Waals surface area contributed by atoms with Crippen molar-refractivity contribution in [2.45, 2.75) is 51.4 Å². The van der Waals surface area contributed by atoms with Gasteiger partial charge in [0, 0.05) is 51.2 Å². The van der Waals surface area contributed by atoms with Crippen molar-refractivity contribution < 1.29 is 38.1 Å². The molecule has 0 radical (unpaired) electrons. The standard InChI is InChI=1S/C39H44Cl2N4O8/c1-50-29-11-7-27-9-13-35(46)44(33(27)23-29)25-52-37(48)15-16-38(49)53-26-45-34-24-30(12-8-28(34)10-14-36(45)47)51-22-3-2-17-42-18-20-43(21-19-42)32-6-4-5-31(40)39(32)41/h4-8,11-12,23-24H,2-3,9-10,13-22,25-26H2,1H3. The van der Waals surface area contributed by atoms with Crippen LogP contribution in [0.15, 0.2) is 54.6 Å². The van der Waals surface area contributed by atoms with Crippen LogP contribution >= 0.6 is 23.2 Å². The molecule has 1 saturated heterocycles. The lowest BCUT2D eigenvalue weighted by molar-refractivity contribution is -0.151. The molecule has 0 aliphatic carbocycles. The van der Waals surface area contributed by atoms with Gasteiger partial charge in [0.1, 0.15) is 11.5 Å². The molecular weight excluding hydrogens is 723 g/mol. The first-order valence-corrected chi connectivity index (χ1v) is 18.7. The number of nitrogens with zero attached hydrogens (tertiary/aromatic N) is 4. The maximum Gasteiger partial charge on any atom is 0.308 e. The number of halogens is 2. The molecule has 0 saturated carbocycles. The summed E-state index contributed by atoms with van der Waals surface area (Å²) in [6.07, 6.45) is 3.16. The molecule has 282 valence electrons. The molecule has 3 aromatic carbocycles. The molecular formula is C39H44Cl2N4O8. The molecule has 3 aliphatic rings. The monoisotopic (exact) mass is 766 g/mol. The van der Waals surface area contributed by atoms with E-state index in [0.717, 1.165) is 62.4 Å². The van der Waals surface area contributed by atoms with Gasteiger partial charge < -0.3 is 23.8 Å². The van der Waals surface area contributed by atoms with Gasteiger partial charge in [-0.3, -0.25) is 33.9 Å². The van der Waals surface area contributed by atoms with Crippen molar-refractivity contribution in [3.63, 3.8) is 0 Å². The summed E-state index contributed by atoms with van der Waals surface area (Å²) in [5, 5.41) is 1.17. The number of anilines is 3. The zero-order chi connectivity index (χ0) is 37.3. The van der Waals surface area contributed by atoms with Crippen molar-refractivity contribution in [1.29, 1.82) is 0 Å². The van der Waals surface area contributed by atoms with E-state index in [-0.39, 0.29) is 38.1 Å². The second-order valence-corrected chi connectivity index (χ2v) is 14.0. The Balaban J connectivity index is 0.907. The summed E-state index contributed by atoms with van der Waals surface area (Å²) < 4.78 is 22.1. The number of hydrogen-bond acceptors (Lipinski definition) is 10. The lowest BCUT2D eigenvalue weighted by atomic mass is 10.0. The lowest BCUT2D eigenvalue weighted by Crippen LogP contribution is -2.46. The predicted molar refractivity (Wildman–Crippen MR) is 202 cm³/mol. The van der Waals surface area contributed by atoms with Gasteiger partial charge in [0.15, 0.2) is 13.5 Å². The van der Waals surface area contributed by atoms with Gasteiger partial charge in [-0.2, -0.15) is 0 Å². The Bertz CT molecular complexity index is 1820. The fraction of sp³-hybridized carbons (Fsp3) is 0.436. The summed E-state index contributed by atoms with van der Waals surface area (Å²) in [6.45, 7) is 4.62. The minimum atomic E-state index is -0.646. The number of amides is 2. The minimum absolute atomic E-state index is 0.164. The van der Waals surface area contributed by atoms with E-state index in [1.54, 1.807) is 12.1 Å². The maximum absolute atomic E-state index is 12.9. The fourth-order valence-electron chi connectivity index (χ4n) is 6.73. The van der Waals surface area contributed by atoms with Crippen LogP contribution in [0, 0.1) is 0 Å². The van der Waals surface area contributed by atoms with Crippen molar-refractivity contribution in [3.05, 3.63) is 75.8 Å². The van der Waals surface area contributed by atoms with Crippen LogP contribution < -0.4 is 24.2 Å². The van der Waals surface area contributed by atoms with Gasteiger partial charge in [0.05, 0.1) is 53.7 Å². The van der Waals surface area contributed by atoms with Crippen molar-refractivity contribution >= 4 is 64.0 Å². The van der Waals surface area contributed by atoms with E-state index in [0.29, 0.717) is 65.2 Å². The second-order valence-electron chi connectivity index (χ2n) is 13.2. The molecule has 53 heavy (non-hydrogen) atoms. The van der Waals surface area contributed by atoms with Crippen molar-refractivity contribution in [2.24, 2.45) is 0 Å². The maximum atomic E-state index is 12.9. The van der Waals surface area contributed by atoms with Gasteiger partial charge in [0.25, 0.3) is 0 Å². The number of benzene rings is 3. The Morgan fingerprint density at radius 1 is 0.698 bits per heavy atom. The number of rotatable bonds is 15. The van der Waals surface area contributed by atoms with E-state index < -0.39 is 11.9 Å². The number of esters is 2. The van der Waals surface area contributed by atoms with Crippen LogP contribution in [0.2, 0.25) is 10.0 Å². The molecule has 12 nitrogen and oxygen atoms in total. The van der Waals surface area contributed by atoms with Crippen LogP contribution in [0.1, 0.15) is 49.7 Å². The van der Waals surface area contributed by atoms with Gasteiger partial charge in [0.2, 0.25) is 11.8 Å². The first kappa shape index (κ1) is 38.2. The molecule has 0 N–H and O–H groups in total. The van der Waals surface area contributed by atoms with E-state index in [9.17, 15) is 19.2 Å². The van der Waals surface area contributed by atoms with E-state index >= 15 is 0 Å². The van der Waals surface area contributed by atoms with E-state index in [1.807, 2.05) is 42.5 Å². The molecule has 2 amide bonds. The number of aryl methyl sites for hydroxylation is 2. The molecule has 14 heteroatoms. The van der Waals surface area contributed by atoms with Crippen LogP contribution in [0.4, 0.5) is 17.1 Å². The van der Waals surface area contributed by atoms with Gasteiger partial charge in [-0.1, -0.05) is 41.4 Å². The fourth-order valence-corrected chi connectivity index (χ4v) is 7.15. The van der Waals surface area contributed by atoms with E-state index in [1.165, 1.54) is 16.9 Å². The second kappa shape index (κ2) is 18.0. The SMILES string of the molecule is COc1ccc2c(c1)N(COC(=O)CCC(=O)OCN1C(=O)CCc3ccc(OCCCCN4CCN(c5cccc(Cl)c5Cl)CC4)cc31)C(=O)CC2. The minimum Gasteiger partial charge on any atom is -0.497 e. The third-order valence-electron chi connectivity index (χ3n) is 9.77. The topological polar surface area (TPSA) is 118 Å². The van der Waals surface area contributed by atoms with Crippen molar-refractivity contribution in [3.8, 4) is 11.5 Å². The Morgan fingerprint density at radius 3 is 1.89 bits per heavy atom. The smallest absolute Gasteiger partial charge is 0.308 e. The number of ether oxygens (including phenoxy) is 4. The zero-order valence-corrected chi connectivity index (χ0v) is 31.3. The van der Waals surface area contributed by atoms with E-state index in [4.69, 9.17) is 42.1 Å². The molecule has 0 atom stereocenters. The highest BCUT2D eigenvalue weighted by Gasteiger charge is 2.28. The van der Waals surface area contributed by atoms with Gasteiger partial charge in [-0.05, 0) is 67.6 Å². The lowest BCUT2D eigenvalue weighted by Gasteiger charge is -2.36. The number of unbranched alkanes of at least 4 members (excludes halogenated alkanes) is 1. The molecule has 3 aromatic rings. The van der Waals surface area contributed by atoms with Gasteiger partial charge in [-0.15, -0.1) is 0 Å².